The fourth-order valence-corrected chi connectivity index (χ4v) is 5.69. The summed E-state index contributed by atoms with van der Waals surface area (Å²) >= 11 is 8.57. The van der Waals surface area contributed by atoms with Crippen molar-refractivity contribution in [3.8, 4) is 16.9 Å². The van der Waals surface area contributed by atoms with E-state index in [1.807, 2.05) is 24.3 Å². The molecule has 30 heavy (non-hydrogen) atoms. The highest BCUT2D eigenvalue weighted by Crippen LogP contribution is 2.44. The van der Waals surface area contributed by atoms with Crippen LogP contribution in [0, 0.1) is 0 Å². The Morgan fingerprint density at radius 3 is 2.60 bits per heavy atom. The lowest BCUT2D eigenvalue weighted by Gasteiger charge is -2.18. The number of ether oxygens (including phenoxy) is 1. The predicted molar refractivity (Wildman–Crippen MR) is 117 cm³/mol. The molecule has 6 nitrogen and oxygen atoms in total. The minimum atomic E-state index is -0.168. The van der Waals surface area contributed by atoms with Crippen LogP contribution in [-0.4, -0.2) is 35.4 Å². The summed E-state index contributed by atoms with van der Waals surface area (Å²) in [5.74, 6) is 0.433. The number of aromatic nitrogens is 1. The van der Waals surface area contributed by atoms with E-state index in [-0.39, 0.29) is 31.2 Å². The number of amides is 2. The first-order valence-corrected chi connectivity index (χ1v) is 11.1. The van der Waals surface area contributed by atoms with Crippen molar-refractivity contribution in [1.82, 2.24) is 15.2 Å². The maximum absolute atomic E-state index is 12.2. The molecule has 3 aromatic rings. The van der Waals surface area contributed by atoms with E-state index in [1.165, 1.54) is 15.3 Å². The number of methoxy groups -OCH3 is 1. The Morgan fingerprint density at radius 2 is 1.90 bits per heavy atom. The lowest BCUT2D eigenvalue weighted by Crippen LogP contribution is -2.29. The Kier molecular flexibility index (Phi) is 4.97. The molecule has 0 spiro atoms. The summed E-state index contributed by atoms with van der Waals surface area (Å²) in [6.07, 6.45) is 1.42. The van der Waals surface area contributed by atoms with Gasteiger partial charge in [0.2, 0.25) is 11.8 Å². The molecule has 0 unspecified atom stereocenters. The summed E-state index contributed by atoms with van der Waals surface area (Å²) in [4.78, 5) is 32.6. The Labute approximate surface area is 182 Å². The van der Waals surface area contributed by atoms with Gasteiger partial charge in [-0.3, -0.25) is 14.5 Å². The number of hydrogen-bond acceptors (Lipinski definition) is 6. The molecule has 0 saturated carbocycles. The van der Waals surface area contributed by atoms with Crippen molar-refractivity contribution in [1.29, 1.82) is 0 Å². The van der Waals surface area contributed by atoms with Crippen LogP contribution in [0.3, 0.4) is 0 Å². The quantitative estimate of drug-likeness (QED) is 0.621. The molecule has 154 valence electrons. The van der Waals surface area contributed by atoms with Crippen molar-refractivity contribution in [3.05, 3.63) is 45.4 Å². The predicted octanol–water partition coefficient (Wildman–Crippen LogP) is 3.92. The van der Waals surface area contributed by atoms with Crippen LogP contribution in [0.2, 0.25) is 5.02 Å². The first kappa shape index (κ1) is 19.5. The number of nitrogens with one attached hydrogen (secondary N) is 1. The van der Waals surface area contributed by atoms with E-state index in [9.17, 15) is 9.59 Å². The van der Waals surface area contributed by atoms with Crippen LogP contribution in [0.25, 0.3) is 21.3 Å². The zero-order chi connectivity index (χ0) is 20.8. The van der Waals surface area contributed by atoms with Gasteiger partial charge < -0.3 is 10.1 Å². The van der Waals surface area contributed by atoms with Crippen molar-refractivity contribution in [2.45, 2.75) is 32.4 Å². The second-order valence-corrected chi connectivity index (χ2v) is 8.92. The maximum atomic E-state index is 12.2. The fourth-order valence-electron chi connectivity index (χ4n) is 4.17. The van der Waals surface area contributed by atoms with Crippen LogP contribution in [0.15, 0.2) is 24.3 Å². The highest BCUT2D eigenvalue weighted by molar-refractivity contribution is 7.19. The smallest absolute Gasteiger partial charge is 0.230 e. The number of imide groups is 1. The fraction of sp³-hybridized carbons (Fsp3) is 0.318. The van der Waals surface area contributed by atoms with Crippen molar-refractivity contribution in [2.75, 3.05) is 13.7 Å². The van der Waals surface area contributed by atoms with Gasteiger partial charge in [-0.1, -0.05) is 23.7 Å². The lowest BCUT2D eigenvalue weighted by atomic mass is 9.96. The Hall–Kier alpha value is -2.48. The number of pyridine rings is 1. The van der Waals surface area contributed by atoms with Gasteiger partial charge in [-0.2, -0.15) is 0 Å². The molecule has 8 heteroatoms. The number of thiophene rings is 1. The zero-order valence-electron chi connectivity index (χ0n) is 16.5. The number of fused-ring (bicyclic) bond motifs is 3. The summed E-state index contributed by atoms with van der Waals surface area (Å²) in [6.45, 7) is 1.84. The van der Waals surface area contributed by atoms with Crippen LogP contribution < -0.4 is 10.1 Å². The van der Waals surface area contributed by atoms with Gasteiger partial charge in [0.05, 0.1) is 24.4 Å². The molecule has 2 aliphatic heterocycles. The van der Waals surface area contributed by atoms with Crippen molar-refractivity contribution >= 4 is 45.0 Å². The molecule has 5 rings (SSSR count). The van der Waals surface area contributed by atoms with Gasteiger partial charge in [0, 0.05) is 35.2 Å². The minimum Gasteiger partial charge on any atom is -0.497 e. The average Bonchev–Trinajstić information content (AvgIpc) is 3.29. The zero-order valence-corrected chi connectivity index (χ0v) is 18.0. The van der Waals surface area contributed by atoms with Crippen molar-refractivity contribution in [3.63, 3.8) is 0 Å². The standard InChI is InChI=1S/C22H20ClN3O3S/c1-29-13-4-2-12(3-5-13)19-20-14-8-9-24-10-16(14)30-22(20)25-15(21(19)23)11-26-17(27)6-7-18(26)28/h2-5,24H,6-11H2,1H3. The largest absolute Gasteiger partial charge is 0.497 e. The van der Waals surface area contributed by atoms with Gasteiger partial charge in [0.1, 0.15) is 10.6 Å². The number of carbonyl (C=O) groups excluding carboxylic acids is 2. The molecule has 2 aromatic heterocycles. The van der Waals surface area contributed by atoms with Gasteiger partial charge in [-0.15, -0.1) is 11.3 Å². The Bertz CT molecular complexity index is 1160. The summed E-state index contributed by atoms with van der Waals surface area (Å²) in [7, 11) is 1.64. The minimum absolute atomic E-state index is 0.108. The van der Waals surface area contributed by atoms with Crippen LogP contribution in [0.5, 0.6) is 5.75 Å². The molecule has 0 bridgehead atoms. The molecule has 0 aliphatic carbocycles. The molecule has 2 amide bonds. The molecule has 0 radical (unpaired) electrons. The molecule has 2 aliphatic rings. The summed E-state index contributed by atoms with van der Waals surface area (Å²) in [5, 5.41) is 4.99. The molecule has 0 atom stereocenters. The number of nitrogens with zero attached hydrogens (tertiary/aromatic N) is 2. The van der Waals surface area contributed by atoms with Crippen LogP contribution in [0.1, 0.15) is 29.0 Å². The molecule has 1 fully saturated rings. The van der Waals surface area contributed by atoms with Crippen molar-refractivity contribution < 1.29 is 14.3 Å². The maximum Gasteiger partial charge on any atom is 0.230 e. The molecule has 1 N–H and O–H groups in total. The number of rotatable bonds is 4. The third-order valence-electron chi connectivity index (χ3n) is 5.71. The van der Waals surface area contributed by atoms with Crippen molar-refractivity contribution in [2.24, 2.45) is 0 Å². The first-order chi connectivity index (χ1) is 14.6. The van der Waals surface area contributed by atoms with E-state index in [0.717, 1.165) is 46.6 Å². The molecule has 1 aromatic carbocycles. The van der Waals surface area contributed by atoms with Crippen LogP contribution in [0.4, 0.5) is 0 Å². The number of benzene rings is 1. The van der Waals surface area contributed by atoms with Gasteiger partial charge in [0.15, 0.2) is 0 Å². The third-order valence-corrected chi connectivity index (χ3v) is 7.24. The Balaban J connectivity index is 1.71. The summed E-state index contributed by atoms with van der Waals surface area (Å²) in [5.41, 5.74) is 3.73. The van der Waals surface area contributed by atoms with E-state index < -0.39 is 0 Å². The highest BCUT2D eigenvalue weighted by atomic mass is 35.5. The second kappa shape index (κ2) is 7.65. The van der Waals surface area contributed by atoms with E-state index in [1.54, 1.807) is 18.4 Å². The van der Waals surface area contributed by atoms with E-state index >= 15 is 0 Å². The highest BCUT2D eigenvalue weighted by Gasteiger charge is 2.31. The second-order valence-electron chi connectivity index (χ2n) is 7.46. The number of likely N-dealkylation sites (tertiary alicyclic amines) is 1. The summed E-state index contributed by atoms with van der Waals surface area (Å²) in [6, 6.07) is 7.79. The van der Waals surface area contributed by atoms with E-state index in [2.05, 4.69) is 5.32 Å². The van der Waals surface area contributed by atoms with Gasteiger partial charge in [-0.25, -0.2) is 4.98 Å². The van der Waals surface area contributed by atoms with Gasteiger partial charge in [0.25, 0.3) is 0 Å². The normalized spacial score (nSPS) is 16.4. The molecule has 4 heterocycles. The monoisotopic (exact) mass is 441 g/mol. The molecular weight excluding hydrogens is 422 g/mol. The number of hydrogen-bond donors (Lipinski definition) is 1. The van der Waals surface area contributed by atoms with Crippen LogP contribution in [-0.2, 0) is 29.1 Å². The average molecular weight is 442 g/mol. The number of halogens is 1. The van der Waals surface area contributed by atoms with Gasteiger partial charge in [-0.05, 0) is 36.2 Å². The lowest BCUT2D eigenvalue weighted by molar-refractivity contribution is -0.139. The molecular formula is C22H20ClN3O3S. The third kappa shape index (κ3) is 3.17. The molecule has 1 saturated heterocycles. The van der Waals surface area contributed by atoms with Gasteiger partial charge >= 0.3 is 0 Å². The van der Waals surface area contributed by atoms with Crippen LogP contribution >= 0.6 is 22.9 Å². The number of carbonyl (C=O) groups is 2. The SMILES string of the molecule is COc1ccc(-c2c(Cl)c(CN3C(=O)CCC3=O)nc3sc4c(c23)CCNC4)cc1. The summed E-state index contributed by atoms with van der Waals surface area (Å²) < 4.78 is 5.30. The van der Waals surface area contributed by atoms with E-state index in [4.69, 9.17) is 21.3 Å². The Morgan fingerprint density at radius 1 is 1.17 bits per heavy atom. The topological polar surface area (TPSA) is 71.5 Å². The van der Waals surface area contributed by atoms with E-state index in [0.29, 0.717) is 10.7 Å². The first-order valence-electron chi connectivity index (χ1n) is 9.87.